The molecule has 0 amide bonds. The molecule has 2 aromatic carbocycles. The van der Waals surface area contributed by atoms with Gasteiger partial charge < -0.3 is 5.32 Å². The molecule has 0 atom stereocenters. The molecular formula is C16H18Cl2N2O3S. The fourth-order valence-corrected chi connectivity index (χ4v) is 2.52. The monoisotopic (exact) mass is 388 g/mol. The smallest absolute Gasteiger partial charge is 0.294 e. The van der Waals surface area contributed by atoms with Crippen LogP contribution in [0.4, 0.5) is 0 Å². The van der Waals surface area contributed by atoms with E-state index in [-0.39, 0.29) is 4.90 Å². The quantitative estimate of drug-likeness (QED) is 0.465. The summed E-state index contributed by atoms with van der Waals surface area (Å²) in [6.45, 7) is 1.84. The standard InChI is InChI=1S/C9H10Cl2N2.C7H8O3S/c1-12-9(13-2)6-3-4-7(10)8(11)5-6;1-6-2-4-7(5-3-6)11(8,9)10/h3-5H,1-2H3,(H,12,13);2-5H,1H3,(H,8,9,10). The lowest BCUT2D eigenvalue weighted by Gasteiger charge is -2.05. The highest BCUT2D eigenvalue weighted by atomic mass is 35.5. The number of nitrogens with one attached hydrogen (secondary N) is 1. The maximum Gasteiger partial charge on any atom is 0.294 e. The topological polar surface area (TPSA) is 78.8 Å². The van der Waals surface area contributed by atoms with E-state index in [9.17, 15) is 8.42 Å². The van der Waals surface area contributed by atoms with Crippen molar-refractivity contribution < 1.29 is 13.0 Å². The Bertz CT molecular complexity index is 820. The molecule has 24 heavy (non-hydrogen) atoms. The zero-order chi connectivity index (χ0) is 18.3. The molecule has 5 nitrogen and oxygen atoms in total. The molecule has 0 aliphatic rings. The number of benzene rings is 2. The van der Waals surface area contributed by atoms with Gasteiger partial charge in [0.2, 0.25) is 0 Å². The van der Waals surface area contributed by atoms with Gasteiger partial charge in [0.15, 0.2) is 0 Å². The summed E-state index contributed by atoms with van der Waals surface area (Å²) in [4.78, 5) is 3.98. The first-order chi connectivity index (χ1) is 11.2. The lowest BCUT2D eigenvalue weighted by molar-refractivity contribution is 0.483. The van der Waals surface area contributed by atoms with Crippen molar-refractivity contribution in [3.8, 4) is 0 Å². The summed E-state index contributed by atoms with van der Waals surface area (Å²) in [6.07, 6.45) is 0. The van der Waals surface area contributed by atoms with E-state index >= 15 is 0 Å². The van der Waals surface area contributed by atoms with E-state index in [1.165, 1.54) is 12.1 Å². The predicted octanol–water partition coefficient (Wildman–Crippen LogP) is 3.83. The molecule has 0 unspecified atom stereocenters. The average molecular weight is 389 g/mol. The highest BCUT2D eigenvalue weighted by molar-refractivity contribution is 7.85. The predicted molar refractivity (Wildman–Crippen MR) is 99.0 cm³/mol. The van der Waals surface area contributed by atoms with Gasteiger partial charge in [0.05, 0.1) is 14.9 Å². The maximum atomic E-state index is 10.5. The third kappa shape index (κ3) is 6.13. The minimum absolute atomic E-state index is 0.0666. The summed E-state index contributed by atoms with van der Waals surface area (Å²) in [5, 5.41) is 4.05. The molecule has 2 rings (SSSR count). The fraction of sp³-hybridized carbons (Fsp3) is 0.188. The van der Waals surface area contributed by atoms with Gasteiger partial charge in [-0.3, -0.25) is 9.55 Å². The van der Waals surface area contributed by atoms with Crippen LogP contribution in [-0.2, 0) is 10.1 Å². The highest BCUT2D eigenvalue weighted by Crippen LogP contribution is 2.22. The normalized spacial score (nSPS) is 11.5. The first kappa shape index (κ1) is 20.4. The molecule has 0 saturated carbocycles. The van der Waals surface area contributed by atoms with Crippen molar-refractivity contribution in [2.24, 2.45) is 4.99 Å². The molecule has 0 aliphatic carbocycles. The van der Waals surface area contributed by atoms with Crippen LogP contribution in [0, 0.1) is 6.92 Å². The molecule has 0 radical (unpaired) electrons. The third-order valence-corrected chi connectivity index (χ3v) is 4.58. The van der Waals surface area contributed by atoms with Gasteiger partial charge in [-0.15, -0.1) is 0 Å². The van der Waals surface area contributed by atoms with Gasteiger partial charge in [0, 0.05) is 19.7 Å². The molecule has 0 spiro atoms. The Labute approximate surface area is 152 Å². The zero-order valence-corrected chi connectivity index (χ0v) is 15.7. The maximum absolute atomic E-state index is 10.5. The lowest BCUT2D eigenvalue weighted by atomic mass is 10.2. The minimum Gasteiger partial charge on any atom is -0.373 e. The van der Waals surface area contributed by atoms with E-state index in [0.29, 0.717) is 10.0 Å². The molecule has 130 valence electrons. The number of aryl methyl sites for hydroxylation is 1. The second kappa shape index (κ2) is 9.03. The lowest BCUT2D eigenvalue weighted by Crippen LogP contribution is -2.19. The van der Waals surface area contributed by atoms with Crippen LogP contribution >= 0.6 is 23.2 Å². The second-order valence-electron chi connectivity index (χ2n) is 4.74. The summed E-state index contributed by atoms with van der Waals surface area (Å²) in [5.41, 5.74) is 1.89. The highest BCUT2D eigenvalue weighted by Gasteiger charge is 2.06. The number of amidine groups is 1. The van der Waals surface area contributed by atoms with Crippen molar-refractivity contribution in [2.75, 3.05) is 14.1 Å². The summed E-state index contributed by atoms with van der Waals surface area (Å²) in [6, 6.07) is 11.4. The first-order valence-corrected chi connectivity index (χ1v) is 9.02. The van der Waals surface area contributed by atoms with E-state index in [1.54, 1.807) is 31.3 Å². The van der Waals surface area contributed by atoms with Crippen LogP contribution in [0.25, 0.3) is 0 Å². The van der Waals surface area contributed by atoms with Gasteiger partial charge in [-0.2, -0.15) is 8.42 Å². The van der Waals surface area contributed by atoms with Gasteiger partial charge in [-0.25, -0.2) is 0 Å². The molecule has 8 heteroatoms. The van der Waals surface area contributed by atoms with E-state index in [1.807, 2.05) is 20.0 Å². The van der Waals surface area contributed by atoms with Crippen LogP contribution in [-0.4, -0.2) is 32.9 Å². The molecule has 0 bridgehead atoms. The number of halogens is 2. The third-order valence-electron chi connectivity index (χ3n) is 2.97. The van der Waals surface area contributed by atoms with Gasteiger partial charge in [-0.05, 0) is 37.3 Å². The number of rotatable bonds is 2. The number of hydrogen-bond donors (Lipinski definition) is 2. The van der Waals surface area contributed by atoms with Crippen LogP contribution in [0.3, 0.4) is 0 Å². The van der Waals surface area contributed by atoms with E-state index in [4.69, 9.17) is 27.8 Å². The molecule has 0 aromatic heterocycles. The Hall–Kier alpha value is -1.60. The molecule has 0 aliphatic heterocycles. The van der Waals surface area contributed by atoms with Crippen LogP contribution < -0.4 is 5.32 Å². The summed E-state index contributed by atoms with van der Waals surface area (Å²) in [5.74, 6) is 0.790. The molecular weight excluding hydrogens is 371 g/mol. The Morgan fingerprint density at radius 3 is 2.08 bits per heavy atom. The Morgan fingerprint density at radius 2 is 1.67 bits per heavy atom. The van der Waals surface area contributed by atoms with Crippen molar-refractivity contribution in [2.45, 2.75) is 11.8 Å². The Kier molecular flexibility index (Phi) is 7.69. The largest absolute Gasteiger partial charge is 0.373 e. The molecule has 0 fully saturated rings. The first-order valence-electron chi connectivity index (χ1n) is 6.83. The SMILES string of the molecule is C/N=C(\NC)c1ccc(Cl)c(Cl)c1.Cc1ccc(S(=O)(=O)O)cc1. The van der Waals surface area contributed by atoms with Crippen molar-refractivity contribution in [3.05, 3.63) is 63.6 Å². The van der Waals surface area contributed by atoms with Crippen molar-refractivity contribution >= 4 is 39.2 Å². The van der Waals surface area contributed by atoms with Crippen molar-refractivity contribution in [3.63, 3.8) is 0 Å². The molecule has 0 saturated heterocycles. The summed E-state index contributed by atoms with van der Waals surface area (Å²) in [7, 11) is -0.493. The Balaban J connectivity index is 0.000000243. The zero-order valence-electron chi connectivity index (χ0n) is 13.4. The minimum atomic E-state index is -4.02. The Morgan fingerprint density at radius 1 is 1.08 bits per heavy atom. The molecule has 2 N–H and O–H groups in total. The van der Waals surface area contributed by atoms with Crippen LogP contribution in [0.15, 0.2) is 52.4 Å². The van der Waals surface area contributed by atoms with Crippen LogP contribution in [0.1, 0.15) is 11.1 Å². The number of nitrogens with zero attached hydrogens (tertiary/aromatic N) is 1. The fourth-order valence-electron chi connectivity index (χ4n) is 1.74. The average Bonchev–Trinajstić information content (AvgIpc) is 2.52. The summed E-state index contributed by atoms with van der Waals surface area (Å²) < 4.78 is 29.6. The van der Waals surface area contributed by atoms with Gasteiger partial charge in [-0.1, -0.05) is 40.9 Å². The number of hydrogen-bond acceptors (Lipinski definition) is 3. The van der Waals surface area contributed by atoms with E-state index in [2.05, 4.69) is 10.3 Å². The van der Waals surface area contributed by atoms with Crippen LogP contribution in [0.2, 0.25) is 10.0 Å². The van der Waals surface area contributed by atoms with Gasteiger partial charge in [0.25, 0.3) is 10.1 Å². The summed E-state index contributed by atoms with van der Waals surface area (Å²) >= 11 is 11.6. The van der Waals surface area contributed by atoms with Crippen LogP contribution in [0.5, 0.6) is 0 Å². The second-order valence-corrected chi connectivity index (χ2v) is 6.98. The van der Waals surface area contributed by atoms with Gasteiger partial charge >= 0.3 is 0 Å². The van der Waals surface area contributed by atoms with Crippen molar-refractivity contribution in [1.82, 2.24) is 5.32 Å². The number of aliphatic imine (C=N–C) groups is 1. The van der Waals surface area contributed by atoms with Crippen molar-refractivity contribution in [1.29, 1.82) is 0 Å². The molecule has 2 aromatic rings. The van der Waals surface area contributed by atoms with Gasteiger partial charge in [0.1, 0.15) is 5.84 Å². The van der Waals surface area contributed by atoms with E-state index < -0.39 is 10.1 Å². The molecule has 0 heterocycles. The van der Waals surface area contributed by atoms with E-state index in [0.717, 1.165) is 17.0 Å².